The second-order valence-electron chi connectivity index (χ2n) is 8.69. The number of aryl methyl sites for hydroxylation is 1. The fourth-order valence-corrected chi connectivity index (χ4v) is 5.01. The topological polar surface area (TPSA) is 58.5 Å². The van der Waals surface area contributed by atoms with Gasteiger partial charge in [-0.1, -0.05) is 48.5 Å². The van der Waals surface area contributed by atoms with Crippen LogP contribution >= 0.6 is 0 Å². The van der Waals surface area contributed by atoms with Gasteiger partial charge in [0.05, 0.1) is 22.4 Å². The standard InChI is InChI=1S/C27H27N5/c1-2-7-20(8-3-1)24-25-26(21-9-4-5-10-22(21)30-24)32(18-14-19-12-16-28-17-13-19)27(31-25)23-11-6-15-29-23/h1-11,15,19,28-29H,12-14,16-18H2. The smallest absolute Gasteiger partial charge is 0.157 e. The van der Waals surface area contributed by atoms with E-state index in [-0.39, 0.29) is 0 Å². The molecular formula is C27H27N5. The molecular weight excluding hydrogens is 394 g/mol. The quantitative estimate of drug-likeness (QED) is 0.386. The molecule has 5 aromatic rings. The molecule has 0 unspecified atom stereocenters. The molecule has 1 aliphatic heterocycles. The summed E-state index contributed by atoms with van der Waals surface area (Å²) in [5, 5.41) is 4.65. The molecule has 160 valence electrons. The van der Waals surface area contributed by atoms with Gasteiger partial charge in [0, 0.05) is 23.7 Å². The van der Waals surface area contributed by atoms with E-state index < -0.39 is 0 Å². The van der Waals surface area contributed by atoms with Crippen LogP contribution in [0, 0.1) is 5.92 Å². The Kier molecular flexibility index (Phi) is 4.96. The highest BCUT2D eigenvalue weighted by atomic mass is 15.1. The van der Waals surface area contributed by atoms with E-state index in [0.717, 1.165) is 71.2 Å². The summed E-state index contributed by atoms with van der Waals surface area (Å²) in [5.74, 6) is 1.75. The highest BCUT2D eigenvalue weighted by Gasteiger charge is 2.22. The minimum Gasteiger partial charge on any atom is -0.359 e. The summed E-state index contributed by atoms with van der Waals surface area (Å²) < 4.78 is 2.43. The van der Waals surface area contributed by atoms with Gasteiger partial charge in [0.1, 0.15) is 5.52 Å². The maximum atomic E-state index is 5.20. The van der Waals surface area contributed by atoms with E-state index in [0.29, 0.717) is 0 Å². The maximum Gasteiger partial charge on any atom is 0.157 e. The molecule has 3 aromatic heterocycles. The predicted molar refractivity (Wildman–Crippen MR) is 130 cm³/mol. The van der Waals surface area contributed by atoms with Crippen molar-refractivity contribution < 1.29 is 0 Å². The van der Waals surface area contributed by atoms with Gasteiger partial charge < -0.3 is 14.9 Å². The largest absolute Gasteiger partial charge is 0.359 e. The third-order valence-corrected chi connectivity index (χ3v) is 6.69. The number of aromatic amines is 1. The first-order valence-electron chi connectivity index (χ1n) is 11.6. The second kappa shape index (κ2) is 8.24. The highest BCUT2D eigenvalue weighted by Crippen LogP contribution is 2.35. The minimum atomic E-state index is 0.756. The Morgan fingerprint density at radius 1 is 0.875 bits per heavy atom. The lowest BCUT2D eigenvalue weighted by molar-refractivity contribution is 0.340. The molecule has 0 bridgehead atoms. The van der Waals surface area contributed by atoms with E-state index in [1.54, 1.807) is 0 Å². The number of nitrogens with zero attached hydrogens (tertiary/aromatic N) is 3. The van der Waals surface area contributed by atoms with E-state index in [9.17, 15) is 0 Å². The molecule has 1 aliphatic rings. The number of rotatable bonds is 5. The Labute approximate surface area is 187 Å². The molecule has 0 aliphatic carbocycles. The lowest BCUT2D eigenvalue weighted by Gasteiger charge is -2.23. The number of para-hydroxylation sites is 1. The zero-order valence-corrected chi connectivity index (χ0v) is 18.1. The van der Waals surface area contributed by atoms with Crippen LogP contribution in [-0.2, 0) is 6.54 Å². The number of hydrogen-bond acceptors (Lipinski definition) is 3. The summed E-state index contributed by atoms with van der Waals surface area (Å²) in [6.45, 7) is 3.21. The van der Waals surface area contributed by atoms with E-state index >= 15 is 0 Å². The number of hydrogen-bond donors (Lipinski definition) is 2. The molecule has 0 atom stereocenters. The number of benzene rings is 2. The summed E-state index contributed by atoms with van der Waals surface area (Å²) in [6.07, 6.45) is 5.64. The molecule has 0 radical (unpaired) electrons. The Morgan fingerprint density at radius 3 is 2.50 bits per heavy atom. The SMILES string of the molecule is c1ccc(-c2nc3ccccc3c3c2nc(-c2ccc[nH]2)n3CCC2CCNCC2)cc1. The average Bonchev–Trinajstić information content (AvgIpc) is 3.52. The van der Waals surface area contributed by atoms with E-state index in [1.165, 1.54) is 18.4 Å². The van der Waals surface area contributed by atoms with Crippen molar-refractivity contribution in [1.29, 1.82) is 0 Å². The summed E-state index contributed by atoms with van der Waals surface area (Å²) in [6, 6.07) is 23.0. The Hall–Kier alpha value is -3.44. The number of nitrogens with one attached hydrogen (secondary N) is 2. The molecule has 5 heteroatoms. The number of aromatic nitrogens is 4. The van der Waals surface area contributed by atoms with Gasteiger partial charge in [0.2, 0.25) is 0 Å². The fourth-order valence-electron chi connectivity index (χ4n) is 5.01. The van der Waals surface area contributed by atoms with Crippen LogP contribution in [0.2, 0.25) is 0 Å². The number of imidazole rings is 1. The molecule has 0 amide bonds. The molecule has 0 saturated carbocycles. The maximum absolute atomic E-state index is 5.20. The van der Waals surface area contributed by atoms with Crippen LogP contribution in [0.4, 0.5) is 0 Å². The zero-order valence-electron chi connectivity index (χ0n) is 18.1. The molecule has 5 nitrogen and oxygen atoms in total. The van der Waals surface area contributed by atoms with Crippen LogP contribution in [0.25, 0.3) is 44.7 Å². The van der Waals surface area contributed by atoms with Crippen molar-refractivity contribution in [3.8, 4) is 22.8 Å². The summed E-state index contributed by atoms with van der Waals surface area (Å²) >= 11 is 0. The van der Waals surface area contributed by atoms with E-state index in [2.05, 4.69) is 69.5 Å². The van der Waals surface area contributed by atoms with Gasteiger partial charge in [-0.2, -0.15) is 0 Å². The van der Waals surface area contributed by atoms with Crippen molar-refractivity contribution in [3.05, 3.63) is 72.9 Å². The predicted octanol–water partition coefficient (Wildman–Crippen LogP) is 5.64. The van der Waals surface area contributed by atoms with E-state index in [1.807, 2.05) is 18.3 Å². The number of pyridine rings is 1. The molecule has 2 N–H and O–H groups in total. The van der Waals surface area contributed by atoms with Gasteiger partial charge >= 0.3 is 0 Å². The Morgan fingerprint density at radius 2 is 1.69 bits per heavy atom. The van der Waals surface area contributed by atoms with Gasteiger partial charge in [-0.3, -0.25) is 0 Å². The van der Waals surface area contributed by atoms with Crippen LogP contribution in [-0.4, -0.2) is 32.6 Å². The number of H-pyrrole nitrogens is 1. The minimum absolute atomic E-state index is 0.756. The van der Waals surface area contributed by atoms with Crippen LogP contribution in [0.3, 0.4) is 0 Å². The first-order valence-corrected chi connectivity index (χ1v) is 11.6. The van der Waals surface area contributed by atoms with Crippen LogP contribution in [0.15, 0.2) is 72.9 Å². The Balaban J connectivity index is 1.59. The van der Waals surface area contributed by atoms with Gasteiger partial charge in [0.25, 0.3) is 0 Å². The monoisotopic (exact) mass is 421 g/mol. The molecule has 0 spiro atoms. The number of piperidine rings is 1. The van der Waals surface area contributed by atoms with E-state index in [4.69, 9.17) is 9.97 Å². The molecule has 6 rings (SSSR count). The Bertz CT molecular complexity index is 1350. The summed E-state index contributed by atoms with van der Waals surface area (Å²) in [5.41, 5.74) is 6.28. The van der Waals surface area contributed by atoms with Crippen molar-refractivity contribution >= 4 is 21.9 Å². The van der Waals surface area contributed by atoms with Gasteiger partial charge in [0.15, 0.2) is 5.82 Å². The molecule has 4 heterocycles. The van der Waals surface area contributed by atoms with Gasteiger partial charge in [-0.05, 0) is 56.5 Å². The third-order valence-electron chi connectivity index (χ3n) is 6.69. The van der Waals surface area contributed by atoms with Gasteiger partial charge in [-0.15, -0.1) is 0 Å². The lowest BCUT2D eigenvalue weighted by atomic mass is 9.94. The number of fused-ring (bicyclic) bond motifs is 3. The summed E-state index contributed by atoms with van der Waals surface area (Å²) in [4.78, 5) is 13.7. The zero-order chi connectivity index (χ0) is 21.3. The molecule has 32 heavy (non-hydrogen) atoms. The van der Waals surface area contributed by atoms with Crippen LogP contribution < -0.4 is 5.32 Å². The van der Waals surface area contributed by atoms with Crippen molar-refractivity contribution in [2.24, 2.45) is 5.92 Å². The first kappa shape index (κ1) is 19.3. The fraction of sp³-hybridized carbons (Fsp3) is 0.259. The summed E-state index contributed by atoms with van der Waals surface area (Å²) in [7, 11) is 0. The second-order valence-corrected chi connectivity index (χ2v) is 8.69. The van der Waals surface area contributed by atoms with Crippen molar-refractivity contribution in [1.82, 2.24) is 24.8 Å². The van der Waals surface area contributed by atoms with Crippen molar-refractivity contribution in [2.75, 3.05) is 13.1 Å². The van der Waals surface area contributed by atoms with Crippen LogP contribution in [0.5, 0.6) is 0 Å². The average molecular weight is 422 g/mol. The normalized spacial score (nSPS) is 15.0. The van der Waals surface area contributed by atoms with Crippen molar-refractivity contribution in [2.45, 2.75) is 25.8 Å². The molecule has 2 aromatic carbocycles. The highest BCUT2D eigenvalue weighted by molar-refractivity contribution is 6.08. The third kappa shape index (κ3) is 3.39. The van der Waals surface area contributed by atoms with Crippen LogP contribution in [0.1, 0.15) is 19.3 Å². The van der Waals surface area contributed by atoms with Crippen molar-refractivity contribution in [3.63, 3.8) is 0 Å². The lowest BCUT2D eigenvalue weighted by Crippen LogP contribution is -2.28. The van der Waals surface area contributed by atoms with Gasteiger partial charge in [-0.25, -0.2) is 9.97 Å². The molecule has 1 saturated heterocycles. The molecule has 1 fully saturated rings. The first-order chi connectivity index (χ1) is 15.9.